The summed E-state index contributed by atoms with van der Waals surface area (Å²) in [6, 6.07) is 9.45. The van der Waals surface area contributed by atoms with Gasteiger partial charge in [-0.15, -0.1) is 0 Å². The van der Waals surface area contributed by atoms with Crippen LogP contribution >= 0.6 is 0 Å². The fraction of sp³-hybridized carbons (Fsp3) is 0.176. The smallest absolute Gasteiger partial charge is 0.384 e. The minimum atomic E-state index is -3.06. The standard InChI is InChI=1S/C17H13F2NO2/c1-17(18,19)14-11-12(7-9-16(21)22-2)6-8-13(14)15-5-3-4-10-20-15/h3-6,8,10-11H,1-2H3. The summed E-state index contributed by atoms with van der Waals surface area (Å²) in [4.78, 5) is 15.1. The molecule has 0 aliphatic carbocycles. The number of hydrogen-bond acceptors (Lipinski definition) is 3. The van der Waals surface area contributed by atoms with Crippen molar-refractivity contribution in [2.24, 2.45) is 0 Å². The molecule has 0 aliphatic heterocycles. The maximum Gasteiger partial charge on any atom is 0.384 e. The highest BCUT2D eigenvalue weighted by Crippen LogP contribution is 2.35. The Balaban J connectivity index is 2.53. The van der Waals surface area contributed by atoms with Crippen LogP contribution in [0.4, 0.5) is 8.78 Å². The van der Waals surface area contributed by atoms with Gasteiger partial charge in [0.2, 0.25) is 0 Å². The van der Waals surface area contributed by atoms with Crippen molar-refractivity contribution in [1.29, 1.82) is 0 Å². The number of alkyl halides is 2. The summed E-state index contributed by atoms with van der Waals surface area (Å²) in [7, 11) is 1.20. The first-order chi connectivity index (χ1) is 10.4. The normalized spacial score (nSPS) is 10.5. The van der Waals surface area contributed by atoms with Crippen LogP contribution in [0.2, 0.25) is 0 Å². The molecule has 0 amide bonds. The van der Waals surface area contributed by atoms with Crippen LogP contribution in [0.15, 0.2) is 42.6 Å². The van der Waals surface area contributed by atoms with Gasteiger partial charge in [-0.1, -0.05) is 18.1 Å². The highest BCUT2D eigenvalue weighted by Gasteiger charge is 2.28. The number of carbonyl (C=O) groups is 1. The first-order valence-corrected chi connectivity index (χ1v) is 6.45. The molecular weight excluding hydrogens is 288 g/mol. The number of aromatic nitrogens is 1. The average Bonchev–Trinajstić information content (AvgIpc) is 2.52. The van der Waals surface area contributed by atoms with Crippen molar-refractivity contribution >= 4 is 5.97 Å². The van der Waals surface area contributed by atoms with E-state index in [4.69, 9.17) is 0 Å². The fourth-order valence-corrected chi connectivity index (χ4v) is 1.90. The van der Waals surface area contributed by atoms with Crippen LogP contribution < -0.4 is 0 Å². The molecule has 0 atom stereocenters. The van der Waals surface area contributed by atoms with Crippen molar-refractivity contribution in [2.45, 2.75) is 12.8 Å². The quantitative estimate of drug-likeness (QED) is 0.630. The van der Waals surface area contributed by atoms with Gasteiger partial charge >= 0.3 is 5.97 Å². The number of carbonyl (C=O) groups excluding carboxylic acids is 1. The van der Waals surface area contributed by atoms with E-state index in [0.29, 0.717) is 16.8 Å². The van der Waals surface area contributed by atoms with Gasteiger partial charge < -0.3 is 4.74 Å². The first-order valence-electron chi connectivity index (χ1n) is 6.45. The van der Waals surface area contributed by atoms with Crippen LogP contribution in [-0.2, 0) is 15.5 Å². The Kier molecular flexibility index (Phi) is 4.52. The molecule has 5 heteroatoms. The second kappa shape index (κ2) is 6.35. The lowest BCUT2D eigenvalue weighted by atomic mass is 9.97. The Labute approximate surface area is 127 Å². The Hall–Kier alpha value is -2.74. The van der Waals surface area contributed by atoms with Crippen LogP contribution in [-0.4, -0.2) is 18.1 Å². The third kappa shape index (κ3) is 3.67. The van der Waals surface area contributed by atoms with Gasteiger partial charge in [0.25, 0.3) is 5.92 Å². The van der Waals surface area contributed by atoms with Crippen LogP contribution in [0, 0.1) is 11.8 Å². The highest BCUT2D eigenvalue weighted by atomic mass is 19.3. The van der Waals surface area contributed by atoms with E-state index in [1.165, 1.54) is 25.4 Å². The Bertz CT molecular complexity index is 741. The van der Waals surface area contributed by atoms with Crippen LogP contribution in [0.1, 0.15) is 18.1 Å². The van der Waals surface area contributed by atoms with E-state index < -0.39 is 11.9 Å². The average molecular weight is 301 g/mol. The van der Waals surface area contributed by atoms with Crippen molar-refractivity contribution in [3.63, 3.8) is 0 Å². The van der Waals surface area contributed by atoms with Crippen LogP contribution in [0.5, 0.6) is 0 Å². The number of benzene rings is 1. The molecule has 0 spiro atoms. The Morgan fingerprint density at radius 1 is 1.27 bits per heavy atom. The summed E-state index contributed by atoms with van der Waals surface area (Å²) < 4.78 is 32.1. The van der Waals surface area contributed by atoms with Gasteiger partial charge in [-0.2, -0.15) is 0 Å². The van der Waals surface area contributed by atoms with Crippen molar-refractivity contribution in [1.82, 2.24) is 4.98 Å². The molecule has 0 bridgehead atoms. The molecule has 112 valence electrons. The summed E-state index contributed by atoms with van der Waals surface area (Å²) in [6.45, 7) is 0.812. The van der Waals surface area contributed by atoms with Gasteiger partial charge in [0.1, 0.15) is 0 Å². The summed E-state index contributed by atoms with van der Waals surface area (Å²) in [6.07, 6.45) is 1.54. The lowest BCUT2D eigenvalue weighted by molar-refractivity contribution is -0.133. The predicted octanol–water partition coefficient (Wildman–Crippen LogP) is 3.38. The number of rotatable bonds is 2. The predicted molar refractivity (Wildman–Crippen MR) is 78.1 cm³/mol. The Morgan fingerprint density at radius 2 is 2.05 bits per heavy atom. The summed E-state index contributed by atoms with van der Waals surface area (Å²) in [5, 5.41) is 0. The molecule has 22 heavy (non-hydrogen) atoms. The van der Waals surface area contributed by atoms with Crippen LogP contribution in [0.25, 0.3) is 11.3 Å². The molecule has 2 rings (SSSR count). The van der Waals surface area contributed by atoms with E-state index >= 15 is 0 Å². The third-order valence-electron chi connectivity index (χ3n) is 2.93. The topological polar surface area (TPSA) is 39.2 Å². The molecule has 2 aromatic rings. The van der Waals surface area contributed by atoms with Gasteiger partial charge in [-0.05, 0) is 24.3 Å². The number of methoxy groups -OCH3 is 1. The molecule has 0 unspecified atom stereocenters. The monoisotopic (exact) mass is 301 g/mol. The molecule has 0 radical (unpaired) electrons. The summed E-state index contributed by atoms with van der Waals surface area (Å²) >= 11 is 0. The van der Waals surface area contributed by atoms with Crippen molar-refractivity contribution in [2.75, 3.05) is 7.11 Å². The number of pyridine rings is 1. The molecule has 1 aromatic carbocycles. The van der Waals surface area contributed by atoms with E-state index in [0.717, 1.165) is 6.92 Å². The SMILES string of the molecule is COC(=O)C#Cc1ccc(-c2ccccn2)c(C(C)(F)F)c1. The number of hydrogen-bond donors (Lipinski definition) is 0. The Morgan fingerprint density at radius 3 is 2.64 bits per heavy atom. The summed E-state index contributed by atoms with van der Waals surface area (Å²) in [5.41, 5.74) is 0.896. The van der Waals surface area contributed by atoms with E-state index in [-0.39, 0.29) is 5.56 Å². The molecule has 0 saturated carbocycles. The molecule has 0 aliphatic rings. The van der Waals surface area contributed by atoms with Gasteiger partial charge in [-0.25, -0.2) is 13.6 Å². The number of esters is 1. The lowest BCUT2D eigenvalue weighted by Gasteiger charge is -2.16. The molecule has 1 heterocycles. The first kappa shape index (κ1) is 15.6. The van der Waals surface area contributed by atoms with Crippen LogP contribution in [0.3, 0.4) is 0 Å². The van der Waals surface area contributed by atoms with E-state index in [1.54, 1.807) is 24.3 Å². The van der Waals surface area contributed by atoms with Gasteiger partial charge in [0.05, 0.1) is 12.8 Å². The van der Waals surface area contributed by atoms with Crippen molar-refractivity contribution in [3.05, 3.63) is 53.7 Å². The minimum Gasteiger partial charge on any atom is -0.459 e. The molecule has 0 N–H and O–H groups in total. The molecule has 1 aromatic heterocycles. The molecular formula is C17H13F2NO2. The van der Waals surface area contributed by atoms with Crippen molar-refractivity contribution < 1.29 is 18.3 Å². The molecule has 3 nitrogen and oxygen atoms in total. The zero-order valence-electron chi connectivity index (χ0n) is 12.1. The highest BCUT2D eigenvalue weighted by molar-refractivity contribution is 5.89. The maximum atomic E-state index is 13.9. The number of halogens is 2. The number of ether oxygens (including phenoxy) is 1. The van der Waals surface area contributed by atoms with Gasteiger partial charge in [0.15, 0.2) is 0 Å². The largest absolute Gasteiger partial charge is 0.459 e. The van der Waals surface area contributed by atoms with Gasteiger partial charge in [0, 0.05) is 35.7 Å². The molecule has 0 saturated heterocycles. The van der Waals surface area contributed by atoms with E-state index in [9.17, 15) is 13.6 Å². The zero-order chi connectivity index (χ0) is 16.2. The van der Waals surface area contributed by atoms with E-state index in [2.05, 4.69) is 21.6 Å². The number of nitrogens with zero attached hydrogens (tertiary/aromatic N) is 1. The maximum absolute atomic E-state index is 13.9. The lowest BCUT2D eigenvalue weighted by Crippen LogP contribution is -2.10. The molecule has 0 fully saturated rings. The fourth-order valence-electron chi connectivity index (χ4n) is 1.90. The second-order valence-corrected chi connectivity index (χ2v) is 4.61. The summed E-state index contributed by atoms with van der Waals surface area (Å²) in [5.74, 6) is 0.940. The van der Waals surface area contributed by atoms with Gasteiger partial charge in [-0.3, -0.25) is 4.98 Å². The third-order valence-corrected chi connectivity index (χ3v) is 2.93. The minimum absolute atomic E-state index is 0.192. The van der Waals surface area contributed by atoms with E-state index in [1.807, 2.05) is 0 Å². The zero-order valence-corrected chi connectivity index (χ0v) is 12.1. The second-order valence-electron chi connectivity index (χ2n) is 4.61. The van der Waals surface area contributed by atoms with Crippen molar-refractivity contribution in [3.8, 4) is 23.1 Å².